The van der Waals surface area contributed by atoms with Gasteiger partial charge in [0.1, 0.15) is 11.5 Å². The van der Waals surface area contributed by atoms with Crippen LogP contribution in [0.1, 0.15) is 11.1 Å². The van der Waals surface area contributed by atoms with Gasteiger partial charge in [-0.3, -0.25) is 9.78 Å². The summed E-state index contributed by atoms with van der Waals surface area (Å²) in [6.07, 6.45) is 1.95. The van der Waals surface area contributed by atoms with E-state index in [1.54, 1.807) is 12.3 Å². The molecular formula is C22H19N5O2. The summed E-state index contributed by atoms with van der Waals surface area (Å²) in [5.74, 6) is 0.422. The van der Waals surface area contributed by atoms with Crippen molar-refractivity contribution in [1.82, 2.24) is 15.0 Å². The summed E-state index contributed by atoms with van der Waals surface area (Å²) in [7, 11) is 0. The Bertz CT molecular complexity index is 1190. The van der Waals surface area contributed by atoms with Crippen LogP contribution in [0.2, 0.25) is 0 Å². The van der Waals surface area contributed by atoms with E-state index in [2.05, 4.69) is 25.6 Å². The SMILES string of the molecule is O=C(Cc1ccccc1)Nc1ccc(CNc2nc(=O)[nH]c3ncccc23)cc1. The Balaban J connectivity index is 1.39. The summed E-state index contributed by atoms with van der Waals surface area (Å²) >= 11 is 0. The first-order valence-corrected chi connectivity index (χ1v) is 9.19. The number of aromatic amines is 1. The number of benzene rings is 2. The van der Waals surface area contributed by atoms with Crippen molar-refractivity contribution in [3.8, 4) is 0 Å². The van der Waals surface area contributed by atoms with E-state index in [0.717, 1.165) is 22.2 Å². The van der Waals surface area contributed by atoms with Crippen LogP contribution in [-0.4, -0.2) is 20.9 Å². The molecule has 2 aromatic carbocycles. The highest BCUT2D eigenvalue weighted by molar-refractivity contribution is 5.92. The van der Waals surface area contributed by atoms with Gasteiger partial charge in [-0.1, -0.05) is 42.5 Å². The highest BCUT2D eigenvalue weighted by Gasteiger charge is 2.06. The number of H-pyrrole nitrogens is 1. The summed E-state index contributed by atoms with van der Waals surface area (Å²) in [6, 6.07) is 20.8. The smallest absolute Gasteiger partial charge is 0.348 e. The van der Waals surface area contributed by atoms with Crippen LogP contribution < -0.4 is 16.3 Å². The zero-order chi connectivity index (χ0) is 20.1. The van der Waals surface area contributed by atoms with E-state index in [1.807, 2.05) is 60.7 Å². The number of amides is 1. The number of hydrogen-bond donors (Lipinski definition) is 3. The standard InChI is InChI=1S/C22H19N5O2/c28-19(13-15-5-2-1-3-6-15)25-17-10-8-16(9-11-17)14-24-21-18-7-4-12-23-20(18)26-22(29)27-21/h1-12H,13-14H2,(H,25,28)(H2,23,24,26,27,29). The molecule has 0 unspecified atom stereocenters. The molecule has 7 heteroatoms. The first kappa shape index (κ1) is 18.4. The minimum atomic E-state index is -0.449. The summed E-state index contributed by atoms with van der Waals surface area (Å²) < 4.78 is 0. The summed E-state index contributed by atoms with van der Waals surface area (Å²) in [5, 5.41) is 6.82. The normalized spacial score (nSPS) is 10.6. The number of fused-ring (bicyclic) bond motifs is 1. The Morgan fingerprint density at radius 1 is 0.931 bits per heavy atom. The first-order valence-electron chi connectivity index (χ1n) is 9.19. The minimum absolute atomic E-state index is 0.0613. The van der Waals surface area contributed by atoms with Crippen molar-refractivity contribution in [2.75, 3.05) is 10.6 Å². The highest BCUT2D eigenvalue weighted by Crippen LogP contribution is 2.17. The molecule has 29 heavy (non-hydrogen) atoms. The fourth-order valence-corrected chi connectivity index (χ4v) is 3.00. The molecule has 0 radical (unpaired) electrons. The van der Waals surface area contributed by atoms with Crippen LogP contribution in [0, 0.1) is 0 Å². The Morgan fingerprint density at radius 2 is 1.72 bits per heavy atom. The molecule has 0 atom stereocenters. The van der Waals surface area contributed by atoms with Gasteiger partial charge in [-0.05, 0) is 35.4 Å². The number of hydrogen-bond acceptors (Lipinski definition) is 5. The molecule has 0 spiro atoms. The molecule has 144 valence electrons. The molecule has 0 aliphatic carbocycles. The molecule has 4 rings (SSSR count). The quantitative estimate of drug-likeness (QED) is 0.474. The second kappa shape index (κ2) is 8.35. The topological polar surface area (TPSA) is 99.8 Å². The van der Waals surface area contributed by atoms with Crippen LogP contribution >= 0.6 is 0 Å². The van der Waals surface area contributed by atoms with Crippen molar-refractivity contribution >= 4 is 28.4 Å². The number of pyridine rings is 1. The lowest BCUT2D eigenvalue weighted by Crippen LogP contribution is -2.15. The predicted octanol–water partition coefficient (Wildman–Crippen LogP) is 3.11. The number of anilines is 2. The van der Waals surface area contributed by atoms with Crippen LogP contribution in [-0.2, 0) is 17.8 Å². The molecule has 2 aromatic heterocycles. The zero-order valence-electron chi connectivity index (χ0n) is 15.6. The molecule has 1 amide bonds. The summed E-state index contributed by atoms with van der Waals surface area (Å²) in [4.78, 5) is 34.6. The molecular weight excluding hydrogens is 366 g/mol. The lowest BCUT2D eigenvalue weighted by atomic mass is 10.1. The average molecular weight is 385 g/mol. The van der Waals surface area contributed by atoms with Crippen molar-refractivity contribution in [2.45, 2.75) is 13.0 Å². The summed E-state index contributed by atoms with van der Waals surface area (Å²) in [5.41, 5.74) is 2.74. The van der Waals surface area contributed by atoms with E-state index in [0.29, 0.717) is 24.4 Å². The minimum Gasteiger partial charge on any atom is -0.365 e. The first-order chi connectivity index (χ1) is 14.2. The number of nitrogens with zero attached hydrogens (tertiary/aromatic N) is 2. The molecule has 0 fully saturated rings. The second-order valence-electron chi connectivity index (χ2n) is 6.55. The Kier molecular flexibility index (Phi) is 5.29. The third-order valence-corrected chi connectivity index (χ3v) is 4.41. The van der Waals surface area contributed by atoms with Gasteiger partial charge in [-0.25, -0.2) is 9.78 Å². The van der Waals surface area contributed by atoms with Gasteiger partial charge >= 0.3 is 5.69 Å². The average Bonchev–Trinajstić information content (AvgIpc) is 2.73. The Labute approximate surface area is 166 Å². The second-order valence-corrected chi connectivity index (χ2v) is 6.55. The maximum absolute atomic E-state index is 12.2. The fraction of sp³-hybridized carbons (Fsp3) is 0.0909. The zero-order valence-corrected chi connectivity index (χ0v) is 15.6. The molecule has 0 bridgehead atoms. The van der Waals surface area contributed by atoms with Crippen molar-refractivity contribution in [3.05, 3.63) is 94.5 Å². The lowest BCUT2D eigenvalue weighted by Gasteiger charge is -2.09. The van der Waals surface area contributed by atoms with Crippen LogP contribution in [0.25, 0.3) is 11.0 Å². The number of aromatic nitrogens is 3. The van der Waals surface area contributed by atoms with E-state index in [9.17, 15) is 9.59 Å². The largest absolute Gasteiger partial charge is 0.365 e. The molecule has 3 N–H and O–H groups in total. The van der Waals surface area contributed by atoms with E-state index < -0.39 is 5.69 Å². The summed E-state index contributed by atoms with van der Waals surface area (Å²) in [6.45, 7) is 0.485. The van der Waals surface area contributed by atoms with Gasteiger partial charge in [0.25, 0.3) is 0 Å². The third kappa shape index (κ3) is 4.65. The molecule has 0 aliphatic rings. The molecule has 2 heterocycles. The molecule has 4 aromatic rings. The van der Waals surface area contributed by atoms with Gasteiger partial charge in [-0.2, -0.15) is 4.98 Å². The van der Waals surface area contributed by atoms with Gasteiger partial charge in [-0.15, -0.1) is 0 Å². The number of rotatable bonds is 6. The van der Waals surface area contributed by atoms with Crippen molar-refractivity contribution in [3.63, 3.8) is 0 Å². The highest BCUT2D eigenvalue weighted by atomic mass is 16.1. The van der Waals surface area contributed by atoms with Crippen LogP contribution in [0.15, 0.2) is 77.7 Å². The lowest BCUT2D eigenvalue weighted by molar-refractivity contribution is -0.115. The van der Waals surface area contributed by atoms with Crippen molar-refractivity contribution < 1.29 is 4.79 Å². The van der Waals surface area contributed by atoms with Gasteiger partial charge in [0.15, 0.2) is 0 Å². The van der Waals surface area contributed by atoms with Gasteiger partial charge in [0.05, 0.1) is 11.8 Å². The maximum atomic E-state index is 12.2. The molecule has 0 saturated heterocycles. The molecule has 7 nitrogen and oxygen atoms in total. The van der Waals surface area contributed by atoms with Crippen LogP contribution in [0.5, 0.6) is 0 Å². The predicted molar refractivity (Wildman–Crippen MR) is 113 cm³/mol. The number of nitrogens with one attached hydrogen (secondary N) is 3. The van der Waals surface area contributed by atoms with Gasteiger partial charge < -0.3 is 10.6 Å². The van der Waals surface area contributed by atoms with Crippen molar-refractivity contribution in [2.24, 2.45) is 0 Å². The third-order valence-electron chi connectivity index (χ3n) is 4.41. The van der Waals surface area contributed by atoms with E-state index in [4.69, 9.17) is 0 Å². The number of carbonyl (C=O) groups is 1. The Morgan fingerprint density at radius 3 is 2.52 bits per heavy atom. The van der Waals surface area contributed by atoms with Gasteiger partial charge in [0, 0.05) is 18.4 Å². The molecule has 0 aliphatic heterocycles. The van der Waals surface area contributed by atoms with Crippen LogP contribution in [0.4, 0.5) is 11.5 Å². The Hall–Kier alpha value is -4.00. The molecule has 0 saturated carbocycles. The number of carbonyl (C=O) groups excluding carboxylic acids is 1. The van der Waals surface area contributed by atoms with Gasteiger partial charge in [0.2, 0.25) is 5.91 Å². The fourth-order valence-electron chi connectivity index (χ4n) is 3.00. The van der Waals surface area contributed by atoms with E-state index in [1.165, 1.54) is 0 Å². The monoisotopic (exact) mass is 385 g/mol. The van der Waals surface area contributed by atoms with E-state index >= 15 is 0 Å². The van der Waals surface area contributed by atoms with Crippen molar-refractivity contribution in [1.29, 1.82) is 0 Å². The van der Waals surface area contributed by atoms with Crippen LogP contribution in [0.3, 0.4) is 0 Å². The van der Waals surface area contributed by atoms with E-state index in [-0.39, 0.29) is 5.91 Å². The maximum Gasteiger partial charge on any atom is 0.348 e.